The summed E-state index contributed by atoms with van der Waals surface area (Å²) in [7, 11) is 0. The number of H-pyrrole nitrogens is 1. The van der Waals surface area contributed by atoms with Crippen LogP contribution in [0.2, 0.25) is 0 Å². The summed E-state index contributed by atoms with van der Waals surface area (Å²) in [6.07, 6.45) is -0.716. The maximum absolute atomic E-state index is 13.1. The van der Waals surface area contributed by atoms with E-state index in [-0.39, 0.29) is 12.2 Å². The number of halogens is 1. The number of hydrogen-bond acceptors (Lipinski definition) is 7. The van der Waals surface area contributed by atoms with Gasteiger partial charge in [-0.2, -0.15) is 0 Å². The first-order valence-corrected chi connectivity index (χ1v) is 10.4. The van der Waals surface area contributed by atoms with Gasteiger partial charge in [0.05, 0.1) is 5.69 Å². The topological polar surface area (TPSA) is 150 Å². The van der Waals surface area contributed by atoms with E-state index >= 15 is 0 Å². The highest BCUT2D eigenvalue weighted by molar-refractivity contribution is 7.14. The Morgan fingerprint density at radius 1 is 1.28 bits per heavy atom. The molecule has 1 aromatic carbocycles. The van der Waals surface area contributed by atoms with E-state index in [1.807, 2.05) is 0 Å². The van der Waals surface area contributed by atoms with E-state index in [1.54, 1.807) is 30.6 Å². The minimum absolute atomic E-state index is 0.0963. The highest BCUT2D eigenvalue weighted by Crippen LogP contribution is 2.26. The number of nitrogens with one attached hydrogen (secondary N) is 3. The molecule has 10 nitrogen and oxygen atoms in total. The number of carbonyl (C=O) groups is 3. The molecule has 0 saturated carbocycles. The molecule has 1 saturated heterocycles. The molecule has 166 valence electrons. The van der Waals surface area contributed by atoms with Crippen LogP contribution >= 0.6 is 11.3 Å². The van der Waals surface area contributed by atoms with Crippen molar-refractivity contribution in [2.75, 3.05) is 5.32 Å². The molecule has 2 aromatic heterocycles. The molecule has 0 spiro atoms. The zero-order valence-electron chi connectivity index (χ0n) is 16.7. The lowest BCUT2D eigenvalue weighted by Gasteiger charge is -2.16. The van der Waals surface area contributed by atoms with Crippen molar-refractivity contribution in [3.05, 3.63) is 53.2 Å². The molecular weight excluding hydrogens is 441 g/mol. The summed E-state index contributed by atoms with van der Waals surface area (Å²) < 4.78 is 18.0. The van der Waals surface area contributed by atoms with Crippen molar-refractivity contribution in [1.29, 1.82) is 0 Å². The second-order valence-corrected chi connectivity index (χ2v) is 7.97. The van der Waals surface area contributed by atoms with E-state index in [9.17, 15) is 18.8 Å². The second-order valence-electron chi connectivity index (χ2n) is 7.11. The summed E-state index contributed by atoms with van der Waals surface area (Å²) in [4.78, 5) is 47.6. The molecule has 32 heavy (non-hydrogen) atoms. The average Bonchev–Trinajstić information content (AvgIpc) is 3.28. The fraction of sp³-hybridized carbons (Fsp3) is 0.250. The number of benzene rings is 1. The zero-order chi connectivity index (χ0) is 22.8. The molecule has 3 aromatic rings. The van der Waals surface area contributed by atoms with Crippen LogP contribution < -0.4 is 10.6 Å². The Bertz CT molecular complexity index is 1160. The minimum atomic E-state index is -1.24. The molecule has 1 aliphatic rings. The lowest BCUT2D eigenvalue weighted by atomic mass is 10.1. The van der Waals surface area contributed by atoms with Crippen molar-refractivity contribution < 1.29 is 28.6 Å². The van der Waals surface area contributed by atoms with Crippen molar-refractivity contribution >= 4 is 34.3 Å². The van der Waals surface area contributed by atoms with Crippen LogP contribution in [0.15, 0.2) is 35.8 Å². The number of aromatic nitrogens is 3. The van der Waals surface area contributed by atoms with Crippen molar-refractivity contribution in [2.45, 2.75) is 31.6 Å². The van der Waals surface area contributed by atoms with E-state index < -0.39 is 36.0 Å². The van der Waals surface area contributed by atoms with Gasteiger partial charge >= 0.3 is 5.97 Å². The number of epoxide rings is 1. The van der Waals surface area contributed by atoms with Gasteiger partial charge in [-0.1, -0.05) is 0 Å². The SMILES string of the molecule is Cc1ncc(C[C@H](NC(=O)[C@H]2O[C@@H]2C(=O)O)C(=O)Nc2nc(-c3ccc(F)cc3)cs2)[nH]1. The number of carboxylic acids is 1. The Morgan fingerprint density at radius 3 is 2.66 bits per heavy atom. The number of ether oxygens (including phenoxy) is 1. The fourth-order valence-electron chi connectivity index (χ4n) is 3.03. The summed E-state index contributed by atoms with van der Waals surface area (Å²) in [6.45, 7) is 1.75. The third-order valence-electron chi connectivity index (χ3n) is 4.68. The number of aromatic amines is 1. The van der Waals surface area contributed by atoms with Crippen LogP contribution in [0.4, 0.5) is 9.52 Å². The van der Waals surface area contributed by atoms with Crippen LogP contribution in [-0.4, -0.2) is 56.1 Å². The predicted octanol–water partition coefficient (Wildman–Crippen LogP) is 1.50. The maximum atomic E-state index is 13.1. The Balaban J connectivity index is 1.46. The summed E-state index contributed by atoms with van der Waals surface area (Å²) in [5, 5.41) is 16.1. The molecule has 12 heteroatoms. The molecular formula is C20H18FN5O5S. The molecule has 4 N–H and O–H groups in total. The van der Waals surface area contributed by atoms with E-state index in [2.05, 4.69) is 25.6 Å². The Kier molecular flexibility index (Phi) is 5.97. The molecule has 4 rings (SSSR count). The fourth-order valence-corrected chi connectivity index (χ4v) is 3.76. The average molecular weight is 459 g/mol. The zero-order valence-corrected chi connectivity index (χ0v) is 17.5. The van der Waals surface area contributed by atoms with Crippen LogP contribution in [-0.2, 0) is 25.5 Å². The van der Waals surface area contributed by atoms with E-state index in [1.165, 1.54) is 23.5 Å². The van der Waals surface area contributed by atoms with Crippen molar-refractivity contribution in [2.24, 2.45) is 0 Å². The first-order valence-electron chi connectivity index (χ1n) is 9.51. The smallest absolute Gasteiger partial charge is 0.336 e. The van der Waals surface area contributed by atoms with Gasteiger partial charge in [0.25, 0.3) is 5.91 Å². The number of nitrogens with zero attached hydrogens (tertiary/aromatic N) is 2. The second kappa shape index (κ2) is 8.85. The highest BCUT2D eigenvalue weighted by atomic mass is 32.1. The van der Waals surface area contributed by atoms with Gasteiger partial charge in [-0.05, 0) is 31.2 Å². The van der Waals surface area contributed by atoms with Gasteiger partial charge in [0.1, 0.15) is 17.7 Å². The lowest BCUT2D eigenvalue weighted by molar-refractivity contribution is -0.138. The normalized spacial score (nSPS) is 18.1. The number of aryl methyl sites for hydroxylation is 1. The van der Waals surface area contributed by atoms with E-state index in [4.69, 9.17) is 9.84 Å². The van der Waals surface area contributed by atoms with E-state index in [0.717, 1.165) is 0 Å². The number of amides is 2. The quantitative estimate of drug-likeness (QED) is 0.373. The summed E-state index contributed by atoms with van der Waals surface area (Å²) in [5.41, 5.74) is 1.86. The number of carbonyl (C=O) groups excluding carboxylic acids is 2. The number of carboxylic acid groups (broad SMARTS) is 1. The molecule has 2 amide bonds. The number of anilines is 1. The summed E-state index contributed by atoms with van der Waals surface area (Å²) >= 11 is 1.17. The highest BCUT2D eigenvalue weighted by Gasteiger charge is 2.51. The van der Waals surface area contributed by atoms with Gasteiger partial charge in [0.2, 0.25) is 5.91 Å². The number of imidazole rings is 1. The first-order chi connectivity index (χ1) is 15.3. The van der Waals surface area contributed by atoms with Gasteiger partial charge in [-0.25, -0.2) is 19.2 Å². The van der Waals surface area contributed by atoms with Crippen LogP contribution in [0.25, 0.3) is 11.3 Å². The molecule has 0 unspecified atom stereocenters. The van der Waals surface area contributed by atoms with Gasteiger partial charge in [-0.3, -0.25) is 9.59 Å². The third-order valence-corrected chi connectivity index (χ3v) is 5.44. The largest absolute Gasteiger partial charge is 0.479 e. The molecule has 3 atom stereocenters. The minimum Gasteiger partial charge on any atom is -0.479 e. The van der Waals surface area contributed by atoms with Gasteiger partial charge in [-0.15, -0.1) is 11.3 Å². The van der Waals surface area contributed by atoms with Crippen LogP contribution in [0.3, 0.4) is 0 Å². The Morgan fingerprint density at radius 2 is 2.03 bits per heavy atom. The maximum Gasteiger partial charge on any atom is 0.336 e. The molecule has 3 heterocycles. The monoisotopic (exact) mass is 459 g/mol. The number of rotatable bonds is 8. The van der Waals surface area contributed by atoms with E-state index in [0.29, 0.717) is 27.9 Å². The van der Waals surface area contributed by atoms with Crippen LogP contribution in [0, 0.1) is 12.7 Å². The summed E-state index contributed by atoms with van der Waals surface area (Å²) in [5.74, 6) is -2.20. The standard InChI is InChI=1S/C20H18FN5O5S/c1-9-22-7-12(23-9)6-13(24-18(28)15-16(31-15)19(29)30)17(27)26-20-25-14(8-32-20)10-2-4-11(21)5-3-10/h2-5,7-8,13,15-16H,6H2,1H3,(H,22,23)(H,24,28)(H,29,30)(H,25,26,27)/t13-,15-,16-/m0/s1. The molecule has 0 radical (unpaired) electrons. The molecule has 0 bridgehead atoms. The molecule has 1 fully saturated rings. The first kappa shape index (κ1) is 21.6. The van der Waals surface area contributed by atoms with Crippen molar-refractivity contribution in [1.82, 2.24) is 20.3 Å². The van der Waals surface area contributed by atoms with Gasteiger partial charge in [0.15, 0.2) is 17.3 Å². The summed E-state index contributed by atoms with van der Waals surface area (Å²) in [6, 6.07) is 4.76. The third kappa shape index (κ3) is 4.98. The Labute approximate surface area is 184 Å². The van der Waals surface area contributed by atoms with Crippen LogP contribution in [0.1, 0.15) is 11.5 Å². The number of thiazole rings is 1. The predicted molar refractivity (Wildman–Crippen MR) is 111 cm³/mol. The number of hydrogen-bond donors (Lipinski definition) is 4. The van der Waals surface area contributed by atoms with Gasteiger partial charge < -0.3 is 25.5 Å². The molecule has 0 aliphatic carbocycles. The van der Waals surface area contributed by atoms with Crippen molar-refractivity contribution in [3.8, 4) is 11.3 Å². The van der Waals surface area contributed by atoms with Crippen molar-refractivity contribution in [3.63, 3.8) is 0 Å². The number of aliphatic carboxylic acids is 1. The van der Waals surface area contributed by atoms with Crippen LogP contribution in [0.5, 0.6) is 0 Å². The lowest BCUT2D eigenvalue weighted by Crippen LogP contribution is -2.47. The Hall–Kier alpha value is -3.64. The van der Waals surface area contributed by atoms with Gasteiger partial charge in [0, 0.05) is 29.3 Å². The molecule has 1 aliphatic heterocycles.